The third-order valence-electron chi connectivity index (χ3n) is 10.1. The van der Waals surface area contributed by atoms with Gasteiger partial charge in [0.1, 0.15) is 0 Å². The minimum absolute atomic E-state index is 0.826. The summed E-state index contributed by atoms with van der Waals surface area (Å²) >= 11 is -0.826. The van der Waals surface area contributed by atoms with Gasteiger partial charge in [-0.3, -0.25) is 0 Å². The number of rotatable bonds is 8. The second-order valence-corrected chi connectivity index (χ2v) is 17.4. The zero-order valence-corrected chi connectivity index (χ0v) is 35.9. The molecule has 0 aliphatic heterocycles. The first-order valence-electron chi connectivity index (χ1n) is 19.0. The molecule has 53 heavy (non-hydrogen) atoms. The topological polar surface area (TPSA) is 0 Å². The third kappa shape index (κ3) is 9.99. The van der Waals surface area contributed by atoms with Crippen molar-refractivity contribution in [1.82, 2.24) is 0 Å². The normalized spacial score (nSPS) is 10.7. The Hall–Kier alpha value is -3.48. The molecule has 0 spiro atoms. The van der Waals surface area contributed by atoms with Crippen LogP contribution in [0.1, 0.15) is 68.7 Å². The molecule has 0 heterocycles. The molecule has 0 aromatic heterocycles. The van der Waals surface area contributed by atoms with Crippen LogP contribution in [-0.4, -0.2) is 0 Å². The van der Waals surface area contributed by atoms with E-state index in [1.54, 1.807) is 6.92 Å². The number of fused-ring (bicyclic) bond motifs is 4. The molecule has 0 bridgehead atoms. The second kappa shape index (κ2) is 20.3. The Bertz CT molecular complexity index is 2210. The van der Waals surface area contributed by atoms with E-state index in [0.717, 1.165) is 0 Å². The molecule has 8 rings (SSSR count). The van der Waals surface area contributed by atoms with Gasteiger partial charge in [0.2, 0.25) is 0 Å². The summed E-state index contributed by atoms with van der Waals surface area (Å²) in [7, 11) is 9.87. The zero-order chi connectivity index (χ0) is 37.7. The first-order chi connectivity index (χ1) is 25.9. The Balaban J connectivity index is 0.000000183. The summed E-state index contributed by atoms with van der Waals surface area (Å²) in [6, 6.07) is 49.5. The molecule has 0 fully saturated rings. The predicted molar refractivity (Wildman–Crippen MR) is 234 cm³/mol. The van der Waals surface area contributed by atoms with Gasteiger partial charge < -0.3 is 6.92 Å². The molecule has 0 atom stereocenters. The molecular formula is C50H51Cl2Zr-3. The maximum atomic E-state index is 4.93. The van der Waals surface area contributed by atoms with Crippen LogP contribution in [0.15, 0.2) is 133 Å². The Morgan fingerprint density at radius 2 is 0.887 bits per heavy atom. The molecule has 272 valence electrons. The van der Waals surface area contributed by atoms with Crippen LogP contribution < -0.4 is 0 Å². The Morgan fingerprint density at radius 3 is 1.26 bits per heavy atom. The number of hydrogen-bond donors (Lipinski definition) is 0. The first-order valence-corrected chi connectivity index (χ1v) is 25.3. The average molecular weight is 814 g/mol. The van der Waals surface area contributed by atoms with Crippen LogP contribution in [0.2, 0.25) is 0 Å². The van der Waals surface area contributed by atoms with Crippen molar-refractivity contribution in [3.05, 3.63) is 163 Å². The van der Waals surface area contributed by atoms with Gasteiger partial charge in [0, 0.05) is 0 Å². The Labute approximate surface area is 336 Å². The summed E-state index contributed by atoms with van der Waals surface area (Å²) in [5.41, 5.74) is 11.0. The van der Waals surface area contributed by atoms with Crippen molar-refractivity contribution < 1.29 is 20.8 Å². The molecule has 0 unspecified atom stereocenters. The molecule has 0 aliphatic carbocycles. The van der Waals surface area contributed by atoms with Gasteiger partial charge >= 0.3 is 37.9 Å². The summed E-state index contributed by atoms with van der Waals surface area (Å²) in [6.45, 7) is 14.0. The molecular weight excluding hydrogens is 763 g/mol. The third-order valence-corrected chi connectivity index (χ3v) is 10.1. The number of benzene rings is 6. The fraction of sp³-hybridized carbons (Fsp3) is 0.220. The van der Waals surface area contributed by atoms with Crippen LogP contribution in [0, 0.1) is 20.8 Å². The maximum absolute atomic E-state index is 4.93. The molecule has 0 saturated heterocycles. The summed E-state index contributed by atoms with van der Waals surface area (Å²) in [5, 5.41) is 10.8. The Morgan fingerprint density at radius 1 is 0.509 bits per heavy atom. The van der Waals surface area contributed by atoms with Crippen LogP contribution in [0.4, 0.5) is 0 Å². The molecule has 0 radical (unpaired) electrons. The van der Waals surface area contributed by atoms with E-state index in [2.05, 4.69) is 168 Å². The van der Waals surface area contributed by atoms with Crippen molar-refractivity contribution in [2.75, 3.05) is 0 Å². The summed E-state index contributed by atoms with van der Waals surface area (Å²) < 4.78 is 0. The van der Waals surface area contributed by atoms with E-state index in [4.69, 9.17) is 17.0 Å². The fourth-order valence-corrected chi connectivity index (χ4v) is 7.28. The van der Waals surface area contributed by atoms with Crippen molar-refractivity contribution >= 4 is 60.1 Å². The van der Waals surface area contributed by atoms with Crippen molar-refractivity contribution in [1.29, 1.82) is 0 Å². The van der Waals surface area contributed by atoms with E-state index in [1.807, 2.05) is 0 Å². The van der Waals surface area contributed by atoms with Gasteiger partial charge in [-0.2, -0.15) is 19.1 Å². The fourth-order valence-electron chi connectivity index (χ4n) is 7.28. The van der Waals surface area contributed by atoms with Gasteiger partial charge in [-0.1, -0.05) is 149 Å². The van der Waals surface area contributed by atoms with E-state index in [1.165, 1.54) is 126 Å². The molecule has 0 saturated carbocycles. The van der Waals surface area contributed by atoms with Gasteiger partial charge in [0.05, 0.1) is 0 Å². The van der Waals surface area contributed by atoms with E-state index in [-0.39, 0.29) is 0 Å². The number of hydrogen-bond acceptors (Lipinski definition) is 0. The molecule has 0 nitrogen and oxygen atoms in total. The predicted octanol–water partition coefficient (Wildman–Crippen LogP) is 16.3. The SMILES string of the molecule is CCCCc1cc2c(-c3ccc4ccccc4c3)ccc(C)c2[cH-]1.CCCCc1cc2c(-c3ccc4ccccc4c3)ccc(C)c2[cH-]1.[CH2-]C.[Cl][Zr][Cl]. The molecule has 0 amide bonds. The zero-order valence-electron chi connectivity index (χ0n) is 31.9. The van der Waals surface area contributed by atoms with Crippen molar-refractivity contribution in [3.8, 4) is 22.3 Å². The van der Waals surface area contributed by atoms with Gasteiger partial charge in [-0.15, -0.1) is 68.1 Å². The Kier molecular flexibility index (Phi) is 15.6. The second-order valence-electron chi connectivity index (χ2n) is 13.6. The molecule has 8 aromatic carbocycles. The van der Waals surface area contributed by atoms with Crippen molar-refractivity contribution in [3.63, 3.8) is 0 Å². The van der Waals surface area contributed by atoms with Gasteiger partial charge in [-0.25, -0.2) is 0 Å². The van der Waals surface area contributed by atoms with Crippen LogP contribution in [0.3, 0.4) is 0 Å². The quantitative estimate of drug-likeness (QED) is 0.134. The summed E-state index contributed by atoms with van der Waals surface area (Å²) in [6.07, 6.45) is 7.39. The number of halogens is 2. The minimum atomic E-state index is -0.826. The average Bonchev–Trinajstić information content (AvgIpc) is 3.84. The van der Waals surface area contributed by atoms with E-state index in [0.29, 0.717) is 0 Å². The molecule has 3 heteroatoms. The summed E-state index contributed by atoms with van der Waals surface area (Å²) in [4.78, 5) is 0. The number of aryl methyl sites for hydroxylation is 4. The monoisotopic (exact) mass is 811 g/mol. The molecule has 8 aromatic rings. The van der Waals surface area contributed by atoms with Crippen LogP contribution >= 0.6 is 17.0 Å². The first kappa shape index (κ1) is 40.7. The number of unbranched alkanes of at least 4 members (excludes halogenated alkanes) is 2. The summed E-state index contributed by atoms with van der Waals surface area (Å²) in [5.74, 6) is 0. The molecule has 0 N–H and O–H groups in total. The van der Waals surface area contributed by atoms with Crippen molar-refractivity contribution in [2.45, 2.75) is 73.1 Å². The van der Waals surface area contributed by atoms with E-state index < -0.39 is 20.8 Å². The van der Waals surface area contributed by atoms with Gasteiger partial charge in [0.15, 0.2) is 0 Å². The van der Waals surface area contributed by atoms with Crippen molar-refractivity contribution in [2.24, 2.45) is 0 Å². The van der Waals surface area contributed by atoms with Crippen LogP contribution in [0.25, 0.3) is 65.3 Å². The van der Waals surface area contributed by atoms with E-state index >= 15 is 0 Å². The standard InChI is InChI=1S/2C24H23.C2H5.2ClH.Zr/c2*1-3-4-7-18-14-23-17(2)10-13-22(24(23)15-18)21-12-11-19-8-5-6-9-20(19)16-21;1-2;;;/h2*5-6,8-16H,3-4,7H2,1-2H3;1H2,2H3;2*1H;/q3*-1;;;+2/p-2. The van der Waals surface area contributed by atoms with E-state index in [9.17, 15) is 0 Å². The molecule has 0 aliphatic rings. The van der Waals surface area contributed by atoms with Gasteiger partial charge in [0.25, 0.3) is 0 Å². The van der Waals surface area contributed by atoms with Crippen LogP contribution in [0.5, 0.6) is 0 Å². The van der Waals surface area contributed by atoms with Gasteiger partial charge in [-0.05, 0) is 57.6 Å². The van der Waals surface area contributed by atoms with Crippen LogP contribution in [-0.2, 0) is 33.7 Å².